The summed E-state index contributed by atoms with van der Waals surface area (Å²) in [5.74, 6) is 2.17. The molecule has 5 fully saturated rings. The average Bonchev–Trinajstić information content (AvgIpc) is 2.72. The number of hydrogen-bond acceptors (Lipinski definition) is 5. The van der Waals surface area contributed by atoms with Crippen LogP contribution in [0.4, 0.5) is 0 Å². The summed E-state index contributed by atoms with van der Waals surface area (Å²) in [7, 11) is 3.39. The Labute approximate surface area is 176 Å². The molecule has 2 bridgehead atoms. The minimum absolute atomic E-state index is 0.158. The third-order valence-electron chi connectivity index (χ3n) is 9.64. The molecule has 0 aromatic carbocycles. The van der Waals surface area contributed by atoms with Crippen LogP contribution in [0.5, 0.6) is 0 Å². The molecule has 5 aliphatic carbocycles. The molecule has 0 aromatic heterocycles. The average molecular weight is 409 g/mol. The number of aldehydes is 1. The Morgan fingerprint density at radius 3 is 2.45 bits per heavy atom. The Morgan fingerprint density at radius 2 is 1.72 bits per heavy atom. The first-order chi connectivity index (χ1) is 13.9. The number of ether oxygens (including phenoxy) is 4. The van der Waals surface area contributed by atoms with Crippen molar-refractivity contribution in [2.24, 2.45) is 39.9 Å². The first-order valence-corrected chi connectivity index (χ1v) is 11.6. The van der Waals surface area contributed by atoms with Crippen LogP contribution in [0, 0.1) is 39.9 Å². The normalized spacial score (nSPS) is 48.8. The molecule has 0 aromatic rings. The fraction of sp³-hybridized carbons (Fsp3) is 0.958. The van der Waals surface area contributed by atoms with Gasteiger partial charge in [0.25, 0.3) is 0 Å². The summed E-state index contributed by atoms with van der Waals surface area (Å²) >= 11 is 0. The van der Waals surface area contributed by atoms with Crippen LogP contribution in [0.15, 0.2) is 0 Å². The van der Waals surface area contributed by atoms with Gasteiger partial charge in [-0.15, -0.1) is 0 Å². The minimum Gasteiger partial charge on any atom is -0.359 e. The highest BCUT2D eigenvalue weighted by molar-refractivity contribution is 5.60. The van der Waals surface area contributed by atoms with Crippen LogP contribution in [0.1, 0.15) is 65.2 Å². The second-order valence-corrected chi connectivity index (χ2v) is 10.8. The molecule has 29 heavy (non-hydrogen) atoms. The van der Waals surface area contributed by atoms with E-state index in [2.05, 4.69) is 13.8 Å². The first-order valence-electron chi connectivity index (χ1n) is 11.6. The van der Waals surface area contributed by atoms with E-state index in [0.717, 1.165) is 12.8 Å². The minimum atomic E-state index is -0.158. The zero-order chi connectivity index (χ0) is 20.7. The van der Waals surface area contributed by atoms with Crippen molar-refractivity contribution >= 4 is 6.29 Å². The monoisotopic (exact) mass is 408 g/mol. The van der Waals surface area contributed by atoms with Gasteiger partial charge in [-0.2, -0.15) is 0 Å². The summed E-state index contributed by atoms with van der Waals surface area (Å²) < 4.78 is 22.8. The van der Waals surface area contributed by atoms with Crippen LogP contribution in [0.3, 0.4) is 0 Å². The van der Waals surface area contributed by atoms with Gasteiger partial charge in [-0.1, -0.05) is 20.3 Å². The molecule has 5 saturated carbocycles. The highest BCUT2D eigenvalue weighted by Crippen LogP contribution is 2.72. The van der Waals surface area contributed by atoms with Crippen molar-refractivity contribution in [2.45, 2.75) is 71.3 Å². The highest BCUT2D eigenvalue weighted by Gasteiger charge is 2.68. The van der Waals surface area contributed by atoms with Crippen molar-refractivity contribution in [2.75, 3.05) is 34.4 Å². The zero-order valence-corrected chi connectivity index (χ0v) is 18.8. The van der Waals surface area contributed by atoms with Crippen molar-refractivity contribution in [1.29, 1.82) is 0 Å². The predicted molar refractivity (Wildman–Crippen MR) is 110 cm³/mol. The van der Waals surface area contributed by atoms with Crippen LogP contribution in [-0.4, -0.2) is 46.8 Å². The molecule has 5 heteroatoms. The van der Waals surface area contributed by atoms with Crippen LogP contribution in [0.25, 0.3) is 0 Å². The third-order valence-corrected chi connectivity index (χ3v) is 9.64. The maximum absolute atomic E-state index is 12.1. The molecule has 0 unspecified atom stereocenters. The SMILES string of the molecule is COCOC[C@H]1[C@H]2CC[C@@]3(CC[C@H]4[C@@](C)(CCC[C@@]4(C)C=O)[C@@H]3C2)[C@@H]1OCOC. The van der Waals surface area contributed by atoms with E-state index in [1.54, 1.807) is 14.2 Å². The van der Waals surface area contributed by atoms with Crippen molar-refractivity contribution < 1.29 is 23.7 Å². The fourth-order valence-electron chi connectivity index (χ4n) is 8.56. The molecule has 0 heterocycles. The number of hydrogen-bond donors (Lipinski definition) is 0. The Kier molecular flexibility index (Phi) is 6.16. The van der Waals surface area contributed by atoms with E-state index in [4.69, 9.17) is 18.9 Å². The lowest BCUT2D eigenvalue weighted by Gasteiger charge is -2.70. The lowest BCUT2D eigenvalue weighted by atomic mass is 9.35. The number of carbonyl (C=O) groups is 1. The van der Waals surface area contributed by atoms with Gasteiger partial charge in [0.05, 0.1) is 12.7 Å². The van der Waals surface area contributed by atoms with Gasteiger partial charge in [0.2, 0.25) is 0 Å². The van der Waals surface area contributed by atoms with Gasteiger partial charge in [0, 0.05) is 31.0 Å². The lowest BCUT2D eigenvalue weighted by Crippen LogP contribution is -2.67. The van der Waals surface area contributed by atoms with Gasteiger partial charge >= 0.3 is 0 Å². The summed E-state index contributed by atoms with van der Waals surface area (Å²) in [6.07, 6.45) is 11.0. The van der Waals surface area contributed by atoms with E-state index in [1.807, 2.05) is 0 Å². The molecule has 5 aliphatic rings. The zero-order valence-electron chi connectivity index (χ0n) is 18.8. The predicted octanol–water partition coefficient (Wildman–Crippen LogP) is 4.43. The van der Waals surface area contributed by atoms with E-state index >= 15 is 0 Å². The first kappa shape index (κ1) is 21.7. The second-order valence-electron chi connectivity index (χ2n) is 10.8. The van der Waals surface area contributed by atoms with E-state index in [-0.39, 0.29) is 22.3 Å². The molecule has 0 N–H and O–H groups in total. The molecular weight excluding hydrogens is 368 g/mol. The maximum Gasteiger partial charge on any atom is 0.146 e. The smallest absolute Gasteiger partial charge is 0.146 e. The summed E-state index contributed by atoms with van der Waals surface area (Å²) in [6.45, 7) is 6.12. The second kappa shape index (κ2) is 8.22. The van der Waals surface area contributed by atoms with Crippen LogP contribution in [-0.2, 0) is 23.7 Å². The Morgan fingerprint density at radius 1 is 0.966 bits per heavy atom. The largest absolute Gasteiger partial charge is 0.359 e. The Balaban J connectivity index is 1.66. The Bertz CT molecular complexity index is 596. The number of rotatable bonds is 8. The van der Waals surface area contributed by atoms with E-state index in [9.17, 15) is 4.79 Å². The summed E-state index contributed by atoms with van der Waals surface area (Å²) in [5.41, 5.74) is 0.272. The van der Waals surface area contributed by atoms with Gasteiger partial charge in [0.1, 0.15) is 19.9 Å². The number of carbonyl (C=O) groups excluding carboxylic acids is 1. The van der Waals surface area contributed by atoms with E-state index in [1.165, 1.54) is 44.8 Å². The van der Waals surface area contributed by atoms with Gasteiger partial charge < -0.3 is 23.7 Å². The summed E-state index contributed by atoms with van der Waals surface area (Å²) in [4.78, 5) is 12.1. The molecule has 5 rings (SSSR count). The van der Waals surface area contributed by atoms with Crippen molar-refractivity contribution in [3.63, 3.8) is 0 Å². The molecule has 8 atom stereocenters. The van der Waals surface area contributed by atoms with Gasteiger partial charge in [-0.3, -0.25) is 0 Å². The summed E-state index contributed by atoms with van der Waals surface area (Å²) in [6, 6.07) is 0. The van der Waals surface area contributed by atoms with Gasteiger partial charge in [0.15, 0.2) is 0 Å². The van der Waals surface area contributed by atoms with Crippen molar-refractivity contribution in [1.82, 2.24) is 0 Å². The number of methoxy groups -OCH3 is 2. The summed E-state index contributed by atoms with van der Waals surface area (Å²) in [5, 5.41) is 0. The van der Waals surface area contributed by atoms with Crippen molar-refractivity contribution in [3.8, 4) is 0 Å². The number of fused-ring (bicyclic) bond motifs is 3. The molecule has 0 amide bonds. The quantitative estimate of drug-likeness (QED) is 0.338. The van der Waals surface area contributed by atoms with Gasteiger partial charge in [-0.25, -0.2) is 0 Å². The van der Waals surface area contributed by atoms with Crippen LogP contribution in [0.2, 0.25) is 0 Å². The topological polar surface area (TPSA) is 54.0 Å². The van der Waals surface area contributed by atoms with Crippen molar-refractivity contribution in [3.05, 3.63) is 0 Å². The van der Waals surface area contributed by atoms with E-state index < -0.39 is 0 Å². The molecule has 0 radical (unpaired) electrons. The maximum atomic E-state index is 12.1. The molecule has 0 saturated heterocycles. The molecular formula is C24H40O5. The molecule has 166 valence electrons. The molecule has 5 nitrogen and oxygen atoms in total. The standard InChI is InChI=1S/C24H40O5/c1-22(14-25)8-5-9-23(2)19(22)7-11-24-10-6-17(12-20(23)24)18(13-28-15-26-3)21(24)29-16-27-4/h14,17-21H,5-13,15-16H2,1-4H3/t17-,18-,19+,20-,21+,22-,23+,24-/m0/s1. The van der Waals surface area contributed by atoms with Crippen LogP contribution < -0.4 is 0 Å². The van der Waals surface area contributed by atoms with Crippen LogP contribution >= 0.6 is 0 Å². The molecule has 0 aliphatic heterocycles. The van der Waals surface area contributed by atoms with E-state index in [0.29, 0.717) is 43.9 Å². The van der Waals surface area contributed by atoms with Gasteiger partial charge in [-0.05, 0) is 68.1 Å². The fourth-order valence-corrected chi connectivity index (χ4v) is 8.56. The highest BCUT2D eigenvalue weighted by atomic mass is 16.7. The lowest BCUT2D eigenvalue weighted by molar-refractivity contribution is -0.274. The third kappa shape index (κ3) is 3.31. The Hall–Kier alpha value is -0.490. The molecule has 1 spiro atoms.